The van der Waals surface area contributed by atoms with Crippen LogP contribution in [0, 0.1) is 3.57 Å². The first-order valence-electron chi connectivity index (χ1n) is 12.7. The summed E-state index contributed by atoms with van der Waals surface area (Å²) < 4.78 is 23.3. The number of ether oxygens (including phenoxy) is 4. The van der Waals surface area contributed by atoms with Gasteiger partial charge < -0.3 is 24.3 Å². The number of rotatable bonds is 9. The van der Waals surface area contributed by atoms with Crippen molar-refractivity contribution in [2.24, 2.45) is 0 Å². The predicted molar refractivity (Wildman–Crippen MR) is 162 cm³/mol. The largest absolute Gasteiger partial charge is 0.493 e. The maximum absolute atomic E-state index is 13.9. The lowest BCUT2D eigenvalue weighted by Crippen LogP contribution is -2.53. The van der Waals surface area contributed by atoms with Crippen LogP contribution < -0.4 is 29.7 Å². The number of nitrogens with one attached hydrogen (secondary N) is 2. The van der Waals surface area contributed by atoms with E-state index in [0.717, 1.165) is 9.13 Å². The molecule has 4 aromatic carbocycles. The normalized spacial score (nSPS) is 14.0. The van der Waals surface area contributed by atoms with Crippen molar-refractivity contribution in [3.63, 3.8) is 0 Å². The summed E-state index contributed by atoms with van der Waals surface area (Å²) in [7, 11) is 4.43. The third-order valence-corrected chi connectivity index (χ3v) is 7.25. The van der Waals surface area contributed by atoms with E-state index in [0.29, 0.717) is 46.4 Å². The second-order valence-corrected chi connectivity index (χ2v) is 10.3. The average molecular weight is 665 g/mol. The number of hydrazine groups is 1. The first-order valence-corrected chi connectivity index (χ1v) is 13.8. The van der Waals surface area contributed by atoms with Crippen molar-refractivity contribution in [3.8, 4) is 23.0 Å². The van der Waals surface area contributed by atoms with Crippen LogP contribution in [0.15, 0.2) is 84.9 Å². The molecule has 0 unspecified atom stereocenters. The number of carbonyl (C=O) groups is 2. The molecule has 4 aromatic rings. The van der Waals surface area contributed by atoms with E-state index in [1.807, 2.05) is 66.7 Å². The highest BCUT2D eigenvalue weighted by atomic mass is 127. The molecule has 0 spiro atoms. The summed E-state index contributed by atoms with van der Waals surface area (Å²) in [6.07, 6.45) is -0.770. The molecule has 5 rings (SSSR count). The Bertz CT molecular complexity index is 1550. The van der Waals surface area contributed by atoms with Crippen molar-refractivity contribution in [3.05, 3.63) is 111 Å². The zero-order valence-corrected chi connectivity index (χ0v) is 24.8. The molecule has 0 bridgehead atoms. The Balaban J connectivity index is 1.52. The van der Waals surface area contributed by atoms with Gasteiger partial charge >= 0.3 is 0 Å². The molecule has 1 aliphatic heterocycles. The second kappa shape index (κ2) is 12.4. The Morgan fingerprint density at radius 1 is 0.878 bits per heavy atom. The molecule has 0 saturated heterocycles. The van der Waals surface area contributed by atoms with Crippen LogP contribution in [-0.2, 0) is 6.61 Å². The molecule has 1 heterocycles. The van der Waals surface area contributed by atoms with Gasteiger partial charge in [-0.2, -0.15) is 0 Å². The Labute approximate surface area is 251 Å². The molecule has 0 saturated carbocycles. The molecule has 0 aliphatic carbocycles. The van der Waals surface area contributed by atoms with E-state index in [2.05, 4.69) is 33.3 Å². The monoisotopic (exact) mass is 665 g/mol. The molecule has 1 atom stereocenters. The number of halogens is 1. The highest BCUT2D eigenvalue weighted by molar-refractivity contribution is 14.1. The van der Waals surface area contributed by atoms with Crippen molar-refractivity contribution in [2.75, 3.05) is 26.6 Å². The molecule has 210 valence electrons. The third kappa shape index (κ3) is 5.87. The van der Waals surface area contributed by atoms with Gasteiger partial charge in [-0.1, -0.05) is 48.5 Å². The first kappa shape index (κ1) is 28.1. The Morgan fingerprint density at radius 3 is 2.24 bits per heavy atom. The fraction of sp³-hybridized carbons (Fsp3) is 0.161. The van der Waals surface area contributed by atoms with Crippen LogP contribution >= 0.6 is 22.6 Å². The number of para-hydroxylation sites is 1. The SMILES string of the molecule is COc1cc(C(=O)NN2C(=O)c3cc(I)ccc3N[C@H]2c2ccccc2OCc2ccccc2)cc(OC)c1OC. The molecule has 9 nitrogen and oxygen atoms in total. The summed E-state index contributed by atoms with van der Waals surface area (Å²) in [5.74, 6) is 0.644. The number of fused-ring (bicyclic) bond motifs is 1. The maximum atomic E-state index is 13.9. The van der Waals surface area contributed by atoms with Gasteiger partial charge in [-0.25, -0.2) is 5.01 Å². The smallest absolute Gasteiger partial charge is 0.276 e. The lowest BCUT2D eigenvalue weighted by molar-refractivity contribution is 0.0487. The topological polar surface area (TPSA) is 98.4 Å². The summed E-state index contributed by atoms with van der Waals surface area (Å²) >= 11 is 2.15. The number of benzene rings is 4. The molecule has 10 heteroatoms. The summed E-state index contributed by atoms with van der Waals surface area (Å²) in [6.45, 7) is 0.338. The van der Waals surface area contributed by atoms with Gasteiger partial charge in [0.1, 0.15) is 12.4 Å². The molecule has 1 aliphatic rings. The van der Waals surface area contributed by atoms with Crippen molar-refractivity contribution in [2.45, 2.75) is 12.8 Å². The van der Waals surface area contributed by atoms with Crippen LogP contribution in [-0.4, -0.2) is 38.2 Å². The van der Waals surface area contributed by atoms with Gasteiger partial charge in [-0.15, -0.1) is 0 Å². The minimum absolute atomic E-state index is 0.216. The summed E-state index contributed by atoms with van der Waals surface area (Å²) in [5, 5.41) is 4.70. The number of hydrogen-bond donors (Lipinski definition) is 2. The van der Waals surface area contributed by atoms with E-state index < -0.39 is 12.1 Å². The van der Waals surface area contributed by atoms with Gasteiger partial charge in [0.2, 0.25) is 5.75 Å². The number of nitrogens with zero attached hydrogens (tertiary/aromatic N) is 1. The molecule has 2 amide bonds. The van der Waals surface area contributed by atoms with Crippen molar-refractivity contribution < 1.29 is 28.5 Å². The zero-order valence-electron chi connectivity index (χ0n) is 22.6. The fourth-order valence-electron chi connectivity index (χ4n) is 4.57. The van der Waals surface area contributed by atoms with Gasteiger partial charge in [0, 0.05) is 20.4 Å². The highest BCUT2D eigenvalue weighted by Crippen LogP contribution is 2.39. The molecule has 0 fully saturated rings. The van der Waals surface area contributed by atoms with Crippen LogP contribution in [0.3, 0.4) is 0 Å². The molecule has 0 aromatic heterocycles. The van der Waals surface area contributed by atoms with E-state index in [9.17, 15) is 9.59 Å². The summed E-state index contributed by atoms with van der Waals surface area (Å²) in [6, 6.07) is 25.8. The molecular formula is C31H28IN3O6. The summed E-state index contributed by atoms with van der Waals surface area (Å²) in [4.78, 5) is 27.5. The van der Waals surface area contributed by atoms with Crippen molar-refractivity contribution in [1.29, 1.82) is 0 Å². The van der Waals surface area contributed by atoms with E-state index in [1.165, 1.54) is 38.5 Å². The van der Waals surface area contributed by atoms with Crippen LogP contribution in [0.1, 0.15) is 38.0 Å². The maximum Gasteiger partial charge on any atom is 0.276 e. The lowest BCUT2D eigenvalue weighted by atomic mass is 10.0. The van der Waals surface area contributed by atoms with Crippen LogP contribution in [0.2, 0.25) is 0 Å². The van der Waals surface area contributed by atoms with E-state index in [1.54, 1.807) is 6.07 Å². The Morgan fingerprint density at radius 2 is 1.56 bits per heavy atom. The summed E-state index contributed by atoms with van der Waals surface area (Å²) in [5.41, 5.74) is 5.78. The van der Waals surface area contributed by atoms with Gasteiger partial charge in [0.25, 0.3) is 11.8 Å². The van der Waals surface area contributed by atoms with Crippen LogP contribution in [0.25, 0.3) is 0 Å². The number of anilines is 1. The van der Waals surface area contributed by atoms with Gasteiger partial charge in [-0.3, -0.25) is 15.0 Å². The number of amides is 2. The number of hydrogen-bond acceptors (Lipinski definition) is 7. The van der Waals surface area contributed by atoms with Gasteiger partial charge in [0.15, 0.2) is 17.7 Å². The van der Waals surface area contributed by atoms with Crippen molar-refractivity contribution in [1.82, 2.24) is 10.4 Å². The molecule has 2 N–H and O–H groups in total. The minimum atomic E-state index is -0.770. The first-order chi connectivity index (χ1) is 19.9. The number of methoxy groups -OCH3 is 3. The molecule has 41 heavy (non-hydrogen) atoms. The Hall–Kier alpha value is -4.45. The Kier molecular flexibility index (Phi) is 8.48. The highest BCUT2D eigenvalue weighted by Gasteiger charge is 2.36. The van der Waals surface area contributed by atoms with Crippen LogP contribution in [0.4, 0.5) is 5.69 Å². The van der Waals surface area contributed by atoms with Gasteiger partial charge in [0.05, 0.1) is 26.9 Å². The van der Waals surface area contributed by atoms with E-state index in [4.69, 9.17) is 18.9 Å². The average Bonchev–Trinajstić information content (AvgIpc) is 3.01. The van der Waals surface area contributed by atoms with E-state index >= 15 is 0 Å². The third-order valence-electron chi connectivity index (χ3n) is 6.58. The van der Waals surface area contributed by atoms with Crippen molar-refractivity contribution >= 4 is 40.1 Å². The van der Waals surface area contributed by atoms with E-state index in [-0.39, 0.29) is 11.5 Å². The van der Waals surface area contributed by atoms with Gasteiger partial charge in [-0.05, 0) is 64.6 Å². The number of carbonyl (C=O) groups excluding carboxylic acids is 2. The molecular weight excluding hydrogens is 637 g/mol. The fourth-order valence-corrected chi connectivity index (χ4v) is 5.06. The zero-order chi connectivity index (χ0) is 28.9. The predicted octanol–water partition coefficient (Wildman–Crippen LogP) is 5.81. The second-order valence-electron chi connectivity index (χ2n) is 9.08. The standard InChI is InChI=1S/C31H28IN3O6/c1-38-26-15-20(16-27(39-2)28(26)40-3)30(36)34-35-29(33-24-14-13-21(32)17-23(24)31(35)37)22-11-7-8-12-25(22)41-18-19-9-5-4-6-10-19/h4-17,29,33H,18H2,1-3H3,(H,34,36)/t29-/m1/s1. The van der Waals surface area contributed by atoms with Crippen LogP contribution in [0.5, 0.6) is 23.0 Å². The molecule has 0 radical (unpaired) electrons. The minimum Gasteiger partial charge on any atom is -0.493 e. The lowest BCUT2D eigenvalue weighted by Gasteiger charge is -2.38. The quantitative estimate of drug-likeness (QED) is 0.218.